The standard InChI is InChI=1S/C14H21N3O.2ClH/c18-14(4-3-12-5-9-15-10-6-12)17-11-7-13-2-1-8-16-13;;/h5-6,9-10,13,16H,1-4,7-8,11H2,(H,17,18);2*1H/t13-;;/m1../s1. The van der Waals surface area contributed by atoms with E-state index in [2.05, 4.69) is 15.6 Å². The van der Waals surface area contributed by atoms with E-state index >= 15 is 0 Å². The van der Waals surface area contributed by atoms with Crippen LogP contribution in [0.4, 0.5) is 0 Å². The molecule has 0 spiro atoms. The summed E-state index contributed by atoms with van der Waals surface area (Å²) in [4.78, 5) is 15.6. The first kappa shape index (κ1) is 19.2. The molecule has 114 valence electrons. The van der Waals surface area contributed by atoms with Gasteiger partial charge in [-0.25, -0.2) is 0 Å². The number of halogens is 2. The maximum absolute atomic E-state index is 11.6. The Morgan fingerprint density at radius 2 is 2.10 bits per heavy atom. The maximum Gasteiger partial charge on any atom is 0.220 e. The molecule has 1 aromatic rings. The number of aromatic nitrogens is 1. The summed E-state index contributed by atoms with van der Waals surface area (Å²) in [5.74, 6) is 0.143. The van der Waals surface area contributed by atoms with Crippen molar-refractivity contribution in [2.75, 3.05) is 13.1 Å². The van der Waals surface area contributed by atoms with Gasteiger partial charge in [0.1, 0.15) is 0 Å². The van der Waals surface area contributed by atoms with Gasteiger partial charge < -0.3 is 10.6 Å². The van der Waals surface area contributed by atoms with E-state index in [1.165, 1.54) is 12.8 Å². The second-order valence-corrected chi connectivity index (χ2v) is 4.79. The van der Waals surface area contributed by atoms with E-state index in [1.54, 1.807) is 12.4 Å². The quantitative estimate of drug-likeness (QED) is 0.844. The van der Waals surface area contributed by atoms with E-state index in [4.69, 9.17) is 0 Å². The van der Waals surface area contributed by atoms with E-state index < -0.39 is 0 Å². The lowest BCUT2D eigenvalue weighted by Crippen LogP contribution is -2.30. The summed E-state index contributed by atoms with van der Waals surface area (Å²) in [5.41, 5.74) is 1.16. The zero-order valence-corrected chi connectivity index (χ0v) is 13.1. The SMILES string of the molecule is Cl.Cl.O=C(CCc1ccncc1)NCC[C@H]1CCCN1. The van der Waals surface area contributed by atoms with Crippen LogP contribution in [0.1, 0.15) is 31.2 Å². The smallest absolute Gasteiger partial charge is 0.220 e. The molecule has 6 heteroatoms. The fourth-order valence-electron chi connectivity index (χ4n) is 2.28. The lowest BCUT2D eigenvalue weighted by molar-refractivity contribution is -0.121. The van der Waals surface area contributed by atoms with Crippen molar-refractivity contribution in [2.24, 2.45) is 0 Å². The van der Waals surface area contributed by atoms with E-state index in [-0.39, 0.29) is 30.7 Å². The molecule has 1 saturated heterocycles. The zero-order valence-electron chi connectivity index (χ0n) is 11.5. The lowest BCUT2D eigenvalue weighted by Gasteiger charge is -2.10. The first-order valence-electron chi connectivity index (χ1n) is 6.73. The largest absolute Gasteiger partial charge is 0.356 e. The van der Waals surface area contributed by atoms with Crippen molar-refractivity contribution in [3.63, 3.8) is 0 Å². The Morgan fingerprint density at radius 3 is 2.75 bits per heavy atom. The highest BCUT2D eigenvalue weighted by Crippen LogP contribution is 2.07. The Morgan fingerprint density at radius 1 is 1.35 bits per heavy atom. The van der Waals surface area contributed by atoms with Crippen molar-refractivity contribution in [1.82, 2.24) is 15.6 Å². The third-order valence-corrected chi connectivity index (χ3v) is 3.37. The predicted molar refractivity (Wildman–Crippen MR) is 85.7 cm³/mol. The van der Waals surface area contributed by atoms with Gasteiger partial charge in [0.2, 0.25) is 5.91 Å². The van der Waals surface area contributed by atoms with Gasteiger partial charge in [0.15, 0.2) is 0 Å². The maximum atomic E-state index is 11.6. The minimum absolute atomic E-state index is 0. The normalized spacial score (nSPS) is 16.9. The highest BCUT2D eigenvalue weighted by molar-refractivity contribution is 5.85. The number of carbonyl (C=O) groups excluding carboxylic acids is 1. The molecule has 1 fully saturated rings. The molecular formula is C14H23Cl2N3O. The minimum atomic E-state index is 0. The molecule has 20 heavy (non-hydrogen) atoms. The van der Waals surface area contributed by atoms with Gasteiger partial charge in [-0.3, -0.25) is 9.78 Å². The molecule has 0 radical (unpaired) electrons. The van der Waals surface area contributed by atoms with Crippen molar-refractivity contribution in [3.8, 4) is 0 Å². The van der Waals surface area contributed by atoms with Gasteiger partial charge in [0.25, 0.3) is 0 Å². The van der Waals surface area contributed by atoms with Gasteiger partial charge in [-0.15, -0.1) is 24.8 Å². The number of amides is 1. The van der Waals surface area contributed by atoms with Crippen LogP contribution >= 0.6 is 24.8 Å². The van der Waals surface area contributed by atoms with Gasteiger partial charge >= 0.3 is 0 Å². The van der Waals surface area contributed by atoms with Gasteiger partial charge in [0.05, 0.1) is 0 Å². The van der Waals surface area contributed by atoms with Gasteiger partial charge in [0, 0.05) is 31.4 Å². The van der Waals surface area contributed by atoms with Crippen LogP contribution < -0.4 is 10.6 Å². The molecule has 1 aliphatic heterocycles. The number of rotatable bonds is 6. The van der Waals surface area contributed by atoms with Gasteiger partial charge in [-0.1, -0.05) is 0 Å². The summed E-state index contributed by atoms with van der Waals surface area (Å²) in [6.07, 6.45) is 8.42. The average molecular weight is 320 g/mol. The summed E-state index contributed by atoms with van der Waals surface area (Å²) < 4.78 is 0. The number of aryl methyl sites for hydroxylation is 1. The Balaban J connectivity index is 0.00000180. The number of nitrogens with one attached hydrogen (secondary N) is 2. The second kappa shape index (κ2) is 10.9. The molecule has 0 bridgehead atoms. The second-order valence-electron chi connectivity index (χ2n) is 4.79. The molecule has 1 aliphatic rings. The van der Waals surface area contributed by atoms with Crippen LogP contribution in [0.5, 0.6) is 0 Å². The monoisotopic (exact) mass is 319 g/mol. The van der Waals surface area contributed by atoms with Crippen LogP contribution in [0.25, 0.3) is 0 Å². The van der Waals surface area contributed by atoms with Crippen LogP contribution in [0, 0.1) is 0 Å². The predicted octanol–water partition coefficient (Wildman–Crippen LogP) is 2.12. The highest BCUT2D eigenvalue weighted by atomic mass is 35.5. The van der Waals surface area contributed by atoms with Crippen LogP contribution in [0.15, 0.2) is 24.5 Å². The van der Waals surface area contributed by atoms with E-state index in [9.17, 15) is 4.79 Å². The highest BCUT2D eigenvalue weighted by Gasteiger charge is 2.13. The number of pyridine rings is 1. The molecule has 1 aromatic heterocycles. The molecule has 0 unspecified atom stereocenters. The summed E-state index contributed by atoms with van der Waals surface area (Å²) >= 11 is 0. The van der Waals surface area contributed by atoms with Crippen LogP contribution in [-0.4, -0.2) is 30.0 Å². The molecule has 1 atom stereocenters. The van der Waals surface area contributed by atoms with E-state index in [0.29, 0.717) is 12.5 Å². The summed E-state index contributed by atoms with van der Waals surface area (Å²) in [5, 5.41) is 6.42. The van der Waals surface area contributed by atoms with E-state index in [0.717, 1.165) is 31.5 Å². The Bertz CT molecular complexity index is 370. The van der Waals surface area contributed by atoms with Crippen molar-refractivity contribution < 1.29 is 4.79 Å². The summed E-state index contributed by atoms with van der Waals surface area (Å²) in [6.45, 7) is 1.91. The number of carbonyl (C=O) groups is 1. The van der Waals surface area contributed by atoms with Gasteiger partial charge in [-0.05, 0) is 49.9 Å². The number of hydrogen-bond donors (Lipinski definition) is 2. The topological polar surface area (TPSA) is 54.0 Å². The zero-order chi connectivity index (χ0) is 12.6. The molecule has 2 rings (SSSR count). The molecule has 0 aliphatic carbocycles. The van der Waals surface area contributed by atoms with Crippen molar-refractivity contribution in [2.45, 2.75) is 38.1 Å². The molecular weight excluding hydrogens is 297 g/mol. The fraction of sp³-hybridized carbons (Fsp3) is 0.571. The third kappa shape index (κ3) is 7.08. The van der Waals surface area contributed by atoms with Gasteiger partial charge in [-0.2, -0.15) is 0 Å². The number of nitrogens with zero attached hydrogens (tertiary/aromatic N) is 1. The van der Waals surface area contributed by atoms with Crippen LogP contribution in [-0.2, 0) is 11.2 Å². The molecule has 2 heterocycles. The first-order valence-corrected chi connectivity index (χ1v) is 6.73. The fourth-order valence-corrected chi connectivity index (χ4v) is 2.28. The van der Waals surface area contributed by atoms with Crippen molar-refractivity contribution in [1.29, 1.82) is 0 Å². The minimum Gasteiger partial charge on any atom is -0.356 e. The Labute approximate surface area is 132 Å². The molecule has 0 saturated carbocycles. The summed E-state index contributed by atoms with van der Waals surface area (Å²) in [7, 11) is 0. The number of hydrogen-bond acceptors (Lipinski definition) is 3. The first-order chi connectivity index (χ1) is 8.84. The lowest BCUT2D eigenvalue weighted by atomic mass is 10.1. The van der Waals surface area contributed by atoms with E-state index in [1.807, 2.05) is 12.1 Å². The van der Waals surface area contributed by atoms with Crippen LogP contribution in [0.2, 0.25) is 0 Å². The molecule has 0 aromatic carbocycles. The van der Waals surface area contributed by atoms with Crippen LogP contribution in [0.3, 0.4) is 0 Å². The van der Waals surface area contributed by atoms with Crippen molar-refractivity contribution in [3.05, 3.63) is 30.1 Å². The molecule has 4 nitrogen and oxygen atoms in total. The van der Waals surface area contributed by atoms with Crippen molar-refractivity contribution >= 4 is 30.7 Å². The average Bonchev–Trinajstić information content (AvgIpc) is 2.91. The third-order valence-electron chi connectivity index (χ3n) is 3.37. The molecule has 1 amide bonds. The molecule has 2 N–H and O–H groups in total. The Kier molecular flexibility index (Phi) is 10.4. The summed E-state index contributed by atoms with van der Waals surface area (Å²) in [6, 6.07) is 4.51. The Hall–Kier alpha value is -0.840.